The molecule has 0 fully saturated rings. The van der Waals surface area contributed by atoms with Gasteiger partial charge < -0.3 is 10.4 Å². The van der Waals surface area contributed by atoms with Gasteiger partial charge in [0, 0.05) is 6.54 Å². The Balaban J connectivity index is 2.27. The zero-order chi connectivity index (χ0) is 10.1. The van der Waals surface area contributed by atoms with Crippen molar-refractivity contribution in [3.05, 3.63) is 34.9 Å². The van der Waals surface area contributed by atoms with Crippen molar-refractivity contribution in [1.29, 1.82) is 0 Å². The summed E-state index contributed by atoms with van der Waals surface area (Å²) in [5, 5.41) is 11.9. The van der Waals surface area contributed by atoms with Gasteiger partial charge in [-0.3, -0.25) is 4.79 Å². The van der Waals surface area contributed by atoms with E-state index in [0.717, 1.165) is 5.56 Å². The van der Waals surface area contributed by atoms with Crippen molar-refractivity contribution >= 4 is 5.97 Å². The van der Waals surface area contributed by atoms with E-state index in [1.807, 2.05) is 19.1 Å². The van der Waals surface area contributed by atoms with Crippen LogP contribution in [0.5, 0.6) is 0 Å². The lowest BCUT2D eigenvalue weighted by molar-refractivity contribution is -0.139. The third-order valence-electron chi connectivity index (χ3n) is 2.62. The molecular formula is C11H13NO2. The molecule has 0 radical (unpaired) electrons. The molecule has 1 aliphatic heterocycles. The minimum absolute atomic E-state index is 0.426. The van der Waals surface area contributed by atoms with Crippen LogP contribution >= 0.6 is 0 Å². The Morgan fingerprint density at radius 1 is 1.50 bits per heavy atom. The Bertz CT molecular complexity index is 374. The van der Waals surface area contributed by atoms with Gasteiger partial charge in [0.25, 0.3) is 0 Å². The van der Waals surface area contributed by atoms with Gasteiger partial charge in [0.2, 0.25) is 0 Å². The van der Waals surface area contributed by atoms with E-state index in [0.29, 0.717) is 13.0 Å². The average molecular weight is 191 g/mol. The molecule has 3 nitrogen and oxygen atoms in total. The molecule has 1 atom stereocenters. The zero-order valence-electron chi connectivity index (χ0n) is 8.08. The summed E-state index contributed by atoms with van der Waals surface area (Å²) in [5.41, 5.74) is 3.60. The van der Waals surface area contributed by atoms with Crippen LogP contribution in [0.1, 0.15) is 16.7 Å². The predicted octanol–water partition coefficient (Wildman–Crippen LogP) is 1.09. The number of hydrogen-bond acceptors (Lipinski definition) is 2. The molecule has 0 saturated carbocycles. The second kappa shape index (κ2) is 3.42. The number of rotatable bonds is 1. The van der Waals surface area contributed by atoms with Crippen molar-refractivity contribution in [2.45, 2.75) is 25.9 Å². The first-order valence-electron chi connectivity index (χ1n) is 4.71. The molecular weight excluding hydrogens is 178 g/mol. The van der Waals surface area contributed by atoms with Crippen LogP contribution in [0, 0.1) is 6.92 Å². The van der Waals surface area contributed by atoms with E-state index in [1.54, 1.807) is 0 Å². The minimum atomic E-state index is -0.767. The number of carboxylic acids is 1. The van der Waals surface area contributed by atoms with Crippen LogP contribution in [0.2, 0.25) is 0 Å². The van der Waals surface area contributed by atoms with Gasteiger partial charge in [-0.25, -0.2) is 0 Å². The van der Waals surface area contributed by atoms with Crippen molar-refractivity contribution in [2.24, 2.45) is 0 Å². The molecule has 1 unspecified atom stereocenters. The number of aryl methyl sites for hydroxylation is 1. The fraction of sp³-hybridized carbons (Fsp3) is 0.364. The maximum Gasteiger partial charge on any atom is 0.321 e. The van der Waals surface area contributed by atoms with Gasteiger partial charge in [0.1, 0.15) is 6.04 Å². The van der Waals surface area contributed by atoms with Gasteiger partial charge in [0.15, 0.2) is 0 Å². The quantitative estimate of drug-likeness (QED) is 0.698. The van der Waals surface area contributed by atoms with Crippen LogP contribution in [0.4, 0.5) is 0 Å². The molecule has 1 aliphatic rings. The fourth-order valence-corrected chi connectivity index (χ4v) is 1.82. The van der Waals surface area contributed by atoms with Crippen LogP contribution in [0.3, 0.4) is 0 Å². The van der Waals surface area contributed by atoms with Crippen molar-refractivity contribution in [1.82, 2.24) is 5.32 Å². The van der Waals surface area contributed by atoms with Crippen molar-refractivity contribution < 1.29 is 9.90 Å². The van der Waals surface area contributed by atoms with E-state index in [-0.39, 0.29) is 0 Å². The maximum atomic E-state index is 10.8. The Morgan fingerprint density at radius 3 is 3.00 bits per heavy atom. The molecule has 0 aliphatic carbocycles. The zero-order valence-corrected chi connectivity index (χ0v) is 8.08. The number of carboxylic acid groups (broad SMARTS) is 1. The van der Waals surface area contributed by atoms with Gasteiger partial charge in [-0.05, 0) is 24.5 Å². The van der Waals surface area contributed by atoms with Gasteiger partial charge in [-0.1, -0.05) is 23.8 Å². The Kier molecular flexibility index (Phi) is 2.25. The highest BCUT2D eigenvalue weighted by molar-refractivity contribution is 5.74. The fourth-order valence-electron chi connectivity index (χ4n) is 1.82. The summed E-state index contributed by atoms with van der Waals surface area (Å²) < 4.78 is 0. The van der Waals surface area contributed by atoms with Gasteiger partial charge in [-0.2, -0.15) is 0 Å². The monoisotopic (exact) mass is 191 g/mol. The molecule has 1 aromatic rings. The number of fused-ring (bicyclic) bond motifs is 1. The summed E-state index contributed by atoms with van der Waals surface area (Å²) in [7, 11) is 0. The topological polar surface area (TPSA) is 49.3 Å². The summed E-state index contributed by atoms with van der Waals surface area (Å²) in [5.74, 6) is -0.767. The molecule has 74 valence electrons. The van der Waals surface area contributed by atoms with E-state index < -0.39 is 12.0 Å². The standard InChI is InChI=1S/C11H13NO2/c1-7-2-3-8-5-10(11(13)14)12-6-9(8)4-7/h2-4,10,12H,5-6H2,1H3,(H,13,14). The van der Waals surface area contributed by atoms with Gasteiger partial charge in [0.05, 0.1) is 0 Å². The minimum Gasteiger partial charge on any atom is -0.480 e. The highest BCUT2D eigenvalue weighted by Gasteiger charge is 2.22. The first-order valence-corrected chi connectivity index (χ1v) is 4.71. The number of aliphatic carboxylic acids is 1. The highest BCUT2D eigenvalue weighted by Crippen LogP contribution is 2.18. The lowest BCUT2D eigenvalue weighted by atomic mass is 9.94. The Morgan fingerprint density at radius 2 is 2.29 bits per heavy atom. The van der Waals surface area contributed by atoms with E-state index in [9.17, 15) is 4.79 Å². The van der Waals surface area contributed by atoms with Crippen LogP contribution in [0.25, 0.3) is 0 Å². The number of carbonyl (C=O) groups is 1. The largest absolute Gasteiger partial charge is 0.480 e. The van der Waals surface area contributed by atoms with Crippen LogP contribution in [-0.2, 0) is 17.8 Å². The molecule has 0 bridgehead atoms. The molecule has 1 heterocycles. The summed E-state index contributed by atoms with van der Waals surface area (Å²) in [6.45, 7) is 2.71. The first kappa shape index (κ1) is 9.21. The molecule has 14 heavy (non-hydrogen) atoms. The number of benzene rings is 1. The number of hydrogen-bond donors (Lipinski definition) is 2. The van der Waals surface area contributed by atoms with E-state index in [2.05, 4.69) is 11.4 Å². The van der Waals surface area contributed by atoms with Crippen molar-refractivity contribution in [2.75, 3.05) is 0 Å². The summed E-state index contributed by atoms with van der Waals surface area (Å²) in [6, 6.07) is 5.75. The normalized spacial score (nSPS) is 20.2. The average Bonchev–Trinajstić information content (AvgIpc) is 2.16. The molecule has 0 amide bonds. The lowest BCUT2D eigenvalue weighted by Gasteiger charge is -2.23. The molecule has 1 aromatic carbocycles. The molecule has 3 heteroatoms. The molecule has 2 rings (SSSR count). The summed E-state index contributed by atoms with van der Waals surface area (Å²) >= 11 is 0. The van der Waals surface area contributed by atoms with Crippen LogP contribution < -0.4 is 5.32 Å². The van der Waals surface area contributed by atoms with E-state index in [4.69, 9.17) is 5.11 Å². The molecule has 0 spiro atoms. The van der Waals surface area contributed by atoms with Gasteiger partial charge >= 0.3 is 5.97 Å². The van der Waals surface area contributed by atoms with Crippen LogP contribution in [0.15, 0.2) is 18.2 Å². The smallest absolute Gasteiger partial charge is 0.321 e. The second-order valence-electron chi connectivity index (χ2n) is 3.75. The predicted molar refractivity (Wildman–Crippen MR) is 53.1 cm³/mol. The molecule has 0 aromatic heterocycles. The third-order valence-corrected chi connectivity index (χ3v) is 2.62. The summed E-state index contributed by atoms with van der Waals surface area (Å²) in [4.78, 5) is 10.8. The van der Waals surface area contributed by atoms with Crippen molar-refractivity contribution in [3.8, 4) is 0 Å². The highest BCUT2D eigenvalue weighted by atomic mass is 16.4. The van der Waals surface area contributed by atoms with Crippen molar-refractivity contribution in [3.63, 3.8) is 0 Å². The summed E-state index contributed by atoms with van der Waals surface area (Å²) in [6.07, 6.45) is 0.588. The second-order valence-corrected chi connectivity index (χ2v) is 3.75. The number of nitrogens with one attached hydrogen (secondary N) is 1. The maximum absolute atomic E-state index is 10.8. The molecule has 0 saturated heterocycles. The lowest BCUT2D eigenvalue weighted by Crippen LogP contribution is -2.41. The molecule has 2 N–H and O–H groups in total. The van der Waals surface area contributed by atoms with Crippen LogP contribution in [-0.4, -0.2) is 17.1 Å². The van der Waals surface area contributed by atoms with E-state index >= 15 is 0 Å². The van der Waals surface area contributed by atoms with Gasteiger partial charge in [-0.15, -0.1) is 0 Å². The Labute approximate surface area is 82.8 Å². The SMILES string of the molecule is Cc1ccc2c(c1)CNC(C(=O)O)C2. The Hall–Kier alpha value is -1.35. The first-order chi connectivity index (χ1) is 6.66. The third kappa shape index (κ3) is 1.63. The van der Waals surface area contributed by atoms with E-state index in [1.165, 1.54) is 11.1 Å².